The molecule has 124 valence electrons. The Bertz CT molecular complexity index is 446. The third kappa shape index (κ3) is 8.65. The number of ether oxygens (including phenoxy) is 1. The van der Waals surface area contributed by atoms with Crippen LogP contribution in [-0.2, 0) is 4.79 Å². The second-order valence-electron chi connectivity index (χ2n) is 5.74. The summed E-state index contributed by atoms with van der Waals surface area (Å²) in [6, 6.07) is 4.08. The molecule has 3 nitrogen and oxygen atoms in total. The molecule has 1 rings (SSSR count). The van der Waals surface area contributed by atoms with Gasteiger partial charge in [-0.2, -0.15) is 0 Å². The molecule has 0 amide bonds. The van der Waals surface area contributed by atoms with Crippen molar-refractivity contribution in [3.8, 4) is 11.5 Å². The van der Waals surface area contributed by atoms with Crippen molar-refractivity contribution < 1.29 is 19.0 Å². The molecule has 1 N–H and O–H groups in total. The molecule has 4 heteroatoms. The number of ketones is 1. The molecular weight excluding hydrogens is 283 g/mol. The van der Waals surface area contributed by atoms with Crippen molar-refractivity contribution in [2.24, 2.45) is 0 Å². The van der Waals surface area contributed by atoms with Crippen molar-refractivity contribution in [3.05, 3.63) is 24.0 Å². The Labute approximate surface area is 132 Å². The summed E-state index contributed by atoms with van der Waals surface area (Å²) >= 11 is 0. The lowest BCUT2D eigenvalue weighted by Gasteiger charge is -2.06. The minimum atomic E-state index is -0.651. The van der Waals surface area contributed by atoms with Crippen LogP contribution in [0.25, 0.3) is 0 Å². The number of hydrogen-bond acceptors (Lipinski definition) is 3. The predicted octanol–water partition coefficient (Wildman–Crippen LogP) is 5.01. The topological polar surface area (TPSA) is 46.5 Å². The number of phenols is 1. The number of carbonyl (C=O) groups excluding carboxylic acids is 1. The smallest absolute Gasteiger partial charge is 0.168 e. The average Bonchev–Trinajstić information content (AvgIpc) is 2.48. The number of rotatable bonds is 12. The van der Waals surface area contributed by atoms with E-state index in [1.54, 1.807) is 13.0 Å². The first-order valence-corrected chi connectivity index (χ1v) is 8.20. The highest BCUT2D eigenvalue weighted by Gasteiger charge is 2.02. The van der Waals surface area contributed by atoms with E-state index in [0.29, 0.717) is 12.4 Å². The molecular formula is C18H27FO3. The van der Waals surface area contributed by atoms with Crippen LogP contribution in [0.4, 0.5) is 4.39 Å². The van der Waals surface area contributed by atoms with Gasteiger partial charge in [0.15, 0.2) is 11.6 Å². The van der Waals surface area contributed by atoms with Crippen LogP contribution < -0.4 is 4.74 Å². The van der Waals surface area contributed by atoms with E-state index in [0.717, 1.165) is 32.1 Å². The first-order chi connectivity index (χ1) is 10.6. The predicted molar refractivity (Wildman–Crippen MR) is 85.8 cm³/mol. The molecule has 0 fully saturated rings. The molecule has 0 unspecified atom stereocenters. The van der Waals surface area contributed by atoms with Gasteiger partial charge in [0, 0.05) is 12.5 Å². The second-order valence-corrected chi connectivity index (χ2v) is 5.74. The maximum Gasteiger partial charge on any atom is 0.168 e. The van der Waals surface area contributed by atoms with Crippen molar-refractivity contribution in [2.75, 3.05) is 6.61 Å². The number of carbonyl (C=O) groups is 1. The minimum absolute atomic E-state index is 0.286. The molecule has 0 heterocycles. The molecule has 0 atom stereocenters. The van der Waals surface area contributed by atoms with E-state index in [1.165, 1.54) is 37.8 Å². The van der Waals surface area contributed by atoms with E-state index in [1.807, 2.05) is 0 Å². The van der Waals surface area contributed by atoms with Gasteiger partial charge in [0.1, 0.15) is 11.5 Å². The lowest BCUT2D eigenvalue weighted by Crippen LogP contribution is -1.97. The fourth-order valence-electron chi connectivity index (χ4n) is 2.30. The number of unbranched alkanes of at least 4 members (excludes halogenated alkanes) is 7. The van der Waals surface area contributed by atoms with Crippen LogP contribution in [0.15, 0.2) is 18.2 Å². The normalized spacial score (nSPS) is 10.6. The van der Waals surface area contributed by atoms with E-state index in [2.05, 4.69) is 0 Å². The van der Waals surface area contributed by atoms with E-state index < -0.39 is 5.82 Å². The Morgan fingerprint density at radius 3 is 2.23 bits per heavy atom. The van der Waals surface area contributed by atoms with Crippen molar-refractivity contribution in [1.29, 1.82) is 0 Å². The molecule has 0 aliphatic heterocycles. The summed E-state index contributed by atoms with van der Waals surface area (Å²) in [4.78, 5) is 10.8. The van der Waals surface area contributed by atoms with Crippen LogP contribution in [0.5, 0.6) is 11.5 Å². The van der Waals surface area contributed by atoms with Gasteiger partial charge in [-0.15, -0.1) is 0 Å². The monoisotopic (exact) mass is 310 g/mol. The summed E-state index contributed by atoms with van der Waals surface area (Å²) in [6.45, 7) is 2.22. The molecule has 0 saturated heterocycles. The first kappa shape index (κ1) is 18.5. The van der Waals surface area contributed by atoms with Crippen LogP contribution in [0.2, 0.25) is 0 Å². The van der Waals surface area contributed by atoms with Crippen molar-refractivity contribution in [2.45, 2.75) is 64.7 Å². The SMILES string of the molecule is CC(=O)CCCCCCCCCCOc1ccc(O)c(F)c1. The number of aromatic hydroxyl groups is 1. The van der Waals surface area contributed by atoms with Gasteiger partial charge < -0.3 is 14.6 Å². The fourth-order valence-corrected chi connectivity index (χ4v) is 2.30. The maximum atomic E-state index is 13.1. The zero-order chi connectivity index (χ0) is 16.2. The Morgan fingerprint density at radius 2 is 1.64 bits per heavy atom. The fraction of sp³-hybridized carbons (Fsp3) is 0.611. The molecule has 22 heavy (non-hydrogen) atoms. The molecule has 0 radical (unpaired) electrons. The summed E-state index contributed by atoms with van der Waals surface area (Å²) in [6.07, 6.45) is 9.77. The first-order valence-electron chi connectivity index (χ1n) is 8.20. The van der Waals surface area contributed by atoms with Crippen molar-refractivity contribution >= 4 is 5.78 Å². The minimum Gasteiger partial charge on any atom is -0.505 e. The van der Waals surface area contributed by atoms with Gasteiger partial charge >= 0.3 is 0 Å². The third-order valence-corrected chi connectivity index (χ3v) is 3.61. The second kappa shape index (κ2) is 11.0. The van der Waals surface area contributed by atoms with Crippen molar-refractivity contribution in [3.63, 3.8) is 0 Å². The molecule has 0 saturated carbocycles. The number of benzene rings is 1. The summed E-state index contributed by atoms with van der Waals surface area (Å²) in [7, 11) is 0. The van der Waals surface area contributed by atoms with Crippen LogP contribution in [0, 0.1) is 5.82 Å². The summed E-state index contributed by atoms with van der Waals surface area (Å²) in [5.41, 5.74) is 0. The van der Waals surface area contributed by atoms with E-state index in [4.69, 9.17) is 9.84 Å². The molecule has 0 spiro atoms. The standard InChI is InChI=1S/C18H27FO3/c1-15(20)10-8-6-4-2-3-5-7-9-13-22-16-11-12-18(21)17(19)14-16/h11-12,14,21H,2-10,13H2,1H3. The van der Waals surface area contributed by atoms with Gasteiger partial charge in [-0.25, -0.2) is 4.39 Å². The van der Waals surface area contributed by atoms with Gasteiger partial charge in [-0.05, 0) is 31.9 Å². The van der Waals surface area contributed by atoms with Crippen LogP contribution in [-0.4, -0.2) is 17.5 Å². The largest absolute Gasteiger partial charge is 0.505 e. The Balaban J connectivity index is 1.91. The van der Waals surface area contributed by atoms with Gasteiger partial charge in [0.25, 0.3) is 0 Å². The number of Topliss-reactive ketones (excluding diaryl/α,β-unsaturated/α-hetero) is 1. The van der Waals surface area contributed by atoms with E-state index in [-0.39, 0.29) is 11.5 Å². The Kier molecular flexibility index (Phi) is 9.28. The number of halogens is 1. The van der Waals surface area contributed by atoms with E-state index >= 15 is 0 Å². The highest BCUT2D eigenvalue weighted by Crippen LogP contribution is 2.21. The highest BCUT2D eigenvalue weighted by atomic mass is 19.1. The molecule has 0 bridgehead atoms. The van der Waals surface area contributed by atoms with Gasteiger partial charge in [0.2, 0.25) is 0 Å². The van der Waals surface area contributed by atoms with Crippen molar-refractivity contribution in [1.82, 2.24) is 0 Å². The Hall–Kier alpha value is -1.58. The van der Waals surface area contributed by atoms with Crippen LogP contribution in [0.3, 0.4) is 0 Å². The molecule has 0 aliphatic carbocycles. The van der Waals surface area contributed by atoms with Gasteiger partial charge in [-0.1, -0.05) is 38.5 Å². The summed E-state index contributed by atoms with van der Waals surface area (Å²) in [5, 5.41) is 9.07. The number of phenolic OH excluding ortho intramolecular Hbond substituents is 1. The zero-order valence-corrected chi connectivity index (χ0v) is 13.4. The maximum absolute atomic E-state index is 13.1. The lowest BCUT2D eigenvalue weighted by molar-refractivity contribution is -0.117. The summed E-state index contributed by atoms with van der Waals surface area (Å²) in [5.74, 6) is -0.257. The molecule has 1 aromatic carbocycles. The zero-order valence-electron chi connectivity index (χ0n) is 13.4. The lowest BCUT2D eigenvalue weighted by atomic mass is 10.1. The molecule has 0 aliphatic rings. The third-order valence-electron chi connectivity index (χ3n) is 3.61. The quantitative estimate of drug-likeness (QED) is 0.552. The summed E-state index contributed by atoms with van der Waals surface area (Å²) < 4.78 is 18.5. The Morgan fingerprint density at radius 1 is 1.05 bits per heavy atom. The van der Waals surface area contributed by atoms with E-state index in [9.17, 15) is 9.18 Å². The highest BCUT2D eigenvalue weighted by molar-refractivity contribution is 5.75. The molecule has 0 aromatic heterocycles. The van der Waals surface area contributed by atoms with Gasteiger partial charge in [0.05, 0.1) is 6.61 Å². The average molecular weight is 310 g/mol. The number of hydrogen-bond donors (Lipinski definition) is 1. The van der Waals surface area contributed by atoms with Crippen LogP contribution >= 0.6 is 0 Å². The van der Waals surface area contributed by atoms with Crippen LogP contribution in [0.1, 0.15) is 64.7 Å². The molecule has 1 aromatic rings. The van der Waals surface area contributed by atoms with Gasteiger partial charge in [-0.3, -0.25) is 0 Å².